The average Bonchev–Trinajstić information content (AvgIpc) is 2.06. The van der Waals surface area contributed by atoms with Crippen LogP contribution in [0.1, 0.15) is 6.42 Å². The first-order valence-corrected chi connectivity index (χ1v) is 4.72. The van der Waals surface area contributed by atoms with E-state index in [1.807, 2.05) is 0 Å². The van der Waals surface area contributed by atoms with Crippen LogP contribution in [0, 0.1) is 0 Å². The average molecular weight is 269 g/mol. The van der Waals surface area contributed by atoms with Crippen molar-refractivity contribution >= 4 is 15.9 Å². The van der Waals surface area contributed by atoms with E-state index >= 15 is 0 Å². The van der Waals surface area contributed by atoms with Gasteiger partial charge in [0.15, 0.2) is 0 Å². The number of rotatable bonds is 3. The molecule has 0 atom stereocenters. The first-order valence-electron chi connectivity index (χ1n) is 3.92. The maximum Gasteiger partial charge on any atom is 0.392 e. The second-order valence-corrected chi connectivity index (χ2v) is 3.58. The minimum absolute atomic E-state index is 0.342. The Morgan fingerprint density at radius 3 is 2.21 bits per heavy atom. The summed E-state index contributed by atoms with van der Waals surface area (Å²) in [5.41, 5.74) is 0. The zero-order chi connectivity index (χ0) is 10.6. The van der Waals surface area contributed by atoms with Crippen LogP contribution in [0.15, 0.2) is 28.7 Å². The number of hydrogen-bond acceptors (Lipinski definition) is 1. The van der Waals surface area contributed by atoms with Crippen molar-refractivity contribution in [1.29, 1.82) is 0 Å². The van der Waals surface area contributed by atoms with Crippen molar-refractivity contribution in [2.75, 3.05) is 6.61 Å². The molecule has 0 aliphatic carbocycles. The van der Waals surface area contributed by atoms with Gasteiger partial charge in [-0.3, -0.25) is 0 Å². The van der Waals surface area contributed by atoms with Gasteiger partial charge >= 0.3 is 6.18 Å². The van der Waals surface area contributed by atoms with E-state index in [9.17, 15) is 13.2 Å². The Kier molecular flexibility index (Phi) is 3.80. The van der Waals surface area contributed by atoms with E-state index in [2.05, 4.69) is 15.9 Å². The Morgan fingerprint density at radius 2 is 1.71 bits per heavy atom. The highest BCUT2D eigenvalue weighted by Gasteiger charge is 2.26. The fraction of sp³-hybridized carbons (Fsp3) is 0.333. The molecule has 0 aliphatic rings. The van der Waals surface area contributed by atoms with E-state index in [1.165, 1.54) is 0 Å². The van der Waals surface area contributed by atoms with Crippen molar-refractivity contribution in [1.82, 2.24) is 0 Å². The monoisotopic (exact) mass is 268 g/mol. The first kappa shape index (κ1) is 11.4. The minimum atomic E-state index is -4.16. The van der Waals surface area contributed by atoms with Gasteiger partial charge in [0, 0.05) is 4.47 Å². The SMILES string of the molecule is FC(F)(F)CCOc1ccc(Br)cc1. The van der Waals surface area contributed by atoms with Gasteiger partial charge in [-0.25, -0.2) is 0 Å². The molecule has 0 unspecified atom stereocenters. The number of ether oxygens (including phenoxy) is 1. The van der Waals surface area contributed by atoms with E-state index in [0.717, 1.165) is 4.47 Å². The second-order valence-electron chi connectivity index (χ2n) is 2.67. The molecule has 0 saturated carbocycles. The summed E-state index contributed by atoms with van der Waals surface area (Å²) in [6.07, 6.45) is -5.08. The Balaban J connectivity index is 2.35. The van der Waals surface area contributed by atoms with Gasteiger partial charge in [-0.05, 0) is 24.3 Å². The van der Waals surface area contributed by atoms with Crippen molar-refractivity contribution in [3.05, 3.63) is 28.7 Å². The lowest BCUT2D eigenvalue weighted by Gasteiger charge is -2.08. The van der Waals surface area contributed by atoms with Gasteiger partial charge in [0.25, 0.3) is 0 Å². The molecule has 5 heteroatoms. The Hall–Kier alpha value is -0.710. The zero-order valence-corrected chi connectivity index (χ0v) is 8.73. The third-order valence-electron chi connectivity index (χ3n) is 1.47. The van der Waals surface area contributed by atoms with Crippen LogP contribution in [0.2, 0.25) is 0 Å². The van der Waals surface area contributed by atoms with Gasteiger partial charge in [-0.2, -0.15) is 13.2 Å². The van der Waals surface area contributed by atoms with E-state index in [0.29, 0.717) is 5.75 Å². The molecule has 1 nitrogen and oxygen atoms in total. The molecule has 0 radical (unpaired) electrons. The first-order chi connectivity index (χ1) is 6.47. The molecular weight excluding hydrogens is 261 g/mol. The van der Waals surface area contributed by atoms with Crippen LogP contribution < -0.4 is 4.74 Å². The summed E-state index contributed by atoms with van der Waals surface area (Å²) in [6, 6.07) is 6.65. The van der Waals surface area contributed by atoms with Crippen molar-refractivity contribution in [2.24, 2.45) is 0 Å². The molecule has 1 aromatic carbocycles. The predicted molar refractivity (Wildman–Crippen MR) is 50.3 cm³/mol. The van der Waals surface area contributed by atoms with Gasteiger partial charge in [-0.1, -0.05) is 15.9 Å². The molecule has 0 aromatic heterocycles. The summed E-state index contributed by atoms with van der Waals surface area (Å²) in [5.74, 6) is 0.442. The van der Waals surface area contributed by atoms with Crippen LogP contribution >= 0.6 is 15.9 Å². The second kappa shape index (κ2) is 4.68. The van der Waals surface area contributed by atoms with Crippen LogP contribution in [-0.2, 0) is 0 Å². The molecule has 0 fully saturated rings. The van der Waals surface area contributed by atoms with Crippen LogP contribution in [-0.4, -0.2) is 12.8 Å². The maximum absolute atomic E-state index is 11.7. The van der Waals surface area contributed by atoms with Gasteiger partial charge in [0.05, 0.1) is 13.0 Å². The van der Waals surface area contributed by atoms with Crippen molar-refractivity contribution < 1.29 is 17.9 Å². The molecule has 0 spiro atoms. The quantitative estimate of drug-likeness (QED) is 0.811. The fourth-order valence-corrected chi connectivity index (χ4v) is 1.08. The third-order valence-corrected chi connectivity index (χ3v) is 2.00. The van der Waals surface area contributed by atoms with Crippen LogP contribution in [0.3, 0.4) is 0 Å². The Morgan fingerprint density at radius 1 is 1.14 bits per heavy atom. The summed E-state index contributed by atoms with van der Waals surface area (Å²) >= 11 is 3.21. The number of benzene rings is 1. The van der Waals surface area contributed by atoms with Crippen molar-refractivity contribution in [3.8, 4) is 5.75 Å². The summed E-state index contributed by atoms with van der Waals surface area (Å²) in [7, 11) is 0. The van der Waals surface area contributed by atoms with Crippen molar-refractivity contribution in [3.63, 3.8) is 0 Å². The topological polar surface area (TPSA) is 9.23 Å². The number of alkyl halides is 3. The van der Waals surface area contributed by atoms with Crippen molar-refractivity contribution in [2.45, 2.75) is 12.6 Å². The third kappa shape index (κ3) is 4.50. The molecule has 0 saturated heterocycles. The lowest BCUT2D eigenvalue weighted by molar-refractivity contribution is -0.139. The van der Waals surface area contributed by atoms with E-state index in [4.69, 9.17) is 4.74 Å². The van der Waals surface area contributed by atoms with Crippen LogP contribution in [0.4, 0.5) is 13.2 Å². The smallest absolute Gasteiger partial charge is 0.392 e. The van der Waals surface area contributed by atoms with Crippen LogP contribution in [0.5, 0.6) is 5.75 Å². The van der Waals surface area contributed by atoms with E-state index in [1.54, 1.807) is 24.3 Å². The number of hydrogen-bond donors (Lipinski definition) is 0. The van der Waals surface area contributed by atoms with E-state index in [-0.39, 0.29) is 6.61 Å². The van der Waals surface area contributed by atoms with Gasteiger partial charge in [0.2, 0.25) is 0 Å². The fourth-order valence-electron chi connectivity index (χ4n) is 0.815. The highest BCUT2D eigenvalue weighted by Crippen LogP contribution is 2.21. The summed E-state index contributed by atoms with van der Waals surface area (Å²) in [4.78, 5) is 0. The summed E-state index contributed by atoms with van der Waals surface area (Å²) in [6.45, 7) is -0.342. The molecule has 0 heterocycles. The molecule has 1 rings (SSSR count). The van der Waals surface area contributed by atoms with E-state index < -0.39 is 12.6 Å². The van der Waals surface area contributed by atoms with Gasteiger partial charge in [0.1, 0.15) is 5.75 Å². The molecule has 78 valence electrons. The maximum atomic E-state index is 11.7. The molecule has 0 aliphatic heterocycles. The molecular formula is C9H8BrF3O. The highest BCUT2D eigenvalue weighted by atomic mass is 79.9. The lowest BCUT2D eigenvalue weighted by atomic mass is 10.3. The molecule has 14 heavy (non-hydrogen) atoms. The highest BCUT2D eigenvalue weighted by molar-refractivity contribution is 9.10. The van der Waals surface area contributed by atoms with Gasteiger partial charge in [-0.15, -0.1) is 0 Å². The Bertz CT molecular complexity index is 281. The molecule has 0 bridgehead atoms. The molecule has 1 aromatic rings. The zero-order valence-electron chi connectivity index (χ0n) is 7.14. The summed E-state index contributed by atoms with van der Waals surface area (Å²) < 4.78 is 41.0. The Labute approximate surface area is 88.0 Å². The number of halogens is 4. The lowest BCUT2D eigenvalue weighted by Crippen LogP contribution is -2.12. The van der Waals surface area contributed by atoms with Crippen LogP contribution in [0.25, 0.3) is 0 Å². The standard InChI is InChI=1S/C9H8BrF3O/c10-7-1-3-8(4-2-7)14-6-5-9(11,12)13/h1-4H,5-6H2. The summed E-state index contributed by atoms with van der Waals surface area (Å²) in [5, 5.41) is 0. The van der Waals surface area contributed by atoms with Gasteiger partial charge < -0.3 is 4.74 Å². The predicted octanol–water partition coefficient (Wildman–Crippen LogP) is 3.78. The normalized spacial score (nSPS) is 11.4. The molecule has 0 N–H and O–H groups in total. The minimum Gasteiger partial charge on any atom is -0.493 e. The largest absolute Gasteiger partial charge is 0.493 e. The molecule has 0 amide bonds.